The lowest BCUT2D eigenvalue weighted by atomic mass is 10.2. The van der Waals surface area contributed by atoms with E-state index in [-0.39, 0.29) is 23.6 Å². The Balaban J connectivity index is 4.34. The van der Waals surface area contributed by atoms with Crippen LogP contribution in [0.1, 0.15) is 48.0 Å². The molecule has 0 heterocycles. The lowest BCUT2D eigenvalue weighted by Gasteiger charge is -2.27. The molecule has 0 saturated carbocycles. The number of ether oxygens (including phenoxy) is 1. The highest BCUT2D eigenvalue weighted by Crippen LogP contribution is 2.10. The topological polar surface area (TPSA) is 75.7 Å². The van der Waals surface area contributed by atoms with Crippen molar-refractivity contribution >= 4 is 15.9 Å². The van der Waals surface area contributed by atoms with Crippen molar-refractivity contribution in [2.45, 2.75) is 59.6 Å². The van der Waals surface area contributed by atoms with Crippen LogP contribution in [0.5, 0.6) is 0 Å². The Hall–Kier alpha value is -0.820. The molecule has 0 spiro atoms. The molecule has 0 bridgehead atoms. The van der Waals surface area contributed by atoms with Crippen molar-refractivity contribution in [3.8, 4) is 0 Å². The fourth-order valence-electron chi connectivity index (χ4n) is 1.89. The molecular weight excluding hydrogens is 304 g/mol. The van der Waals surface area contributed by atoms with Gasteiger partial charge in [0.1, 0.15) is 5.60 Å². The van der Waals surface area contributed by atoms with E-state index in [1.165, 1.54) is 0 Å². The fourth-order valence-corrected chi connectivity index (χ4v) is 3.01. The summed E-state index contributed by atoms with van der Waals surface area (Å²) in [5.41, 5.74) is -0.515. The summed E-state index contributed by atoms with van der Waals surface area (Å²) in [6.45, 7) is 12.7. The van der Waals surface area contributed by atoms with Gasteiger partial charge in [0.2, 0.25) is 0 Å². The third-order valence-corrected chi connectivity index (χ3v) is 4.85. The lowest BCUT2D eigenvalue weighted by Crippen LogP contribution is -2.43. The third-order valence-electron chi connectivity index (χ3n) is 2.96. The van der Waals surface area contributed by atoms with Gasteiger partial charge in [-0.05, 0) is 34.1 Å². The average molecular weight is 336 g/mol. The standard InChI is InChI=1S/C15H32N2O4S/c1-7-10-17(14(18)21-15(4,5)6)11-9-16-13(3)12-22(19,20)8-2/h13,16H,7-12H2,1-6H3. The van der Waals surface area contributed by atoms with Crippen molar-refractivity contribution in [2.24, 2.45) is 0 Å². The van der Waals surface area contributed by atoms with Crippen molar-refractivity contribution in [1.82, 2.24) is 10.2 Å². The van der Waals surface area contributed by atoms with Gasteiger partial charge >= 0.3 is 6.09 Å². The Labute approximate surface area is 135 Å². The van der Waals surface area contributed by atoms with Crippen LogP contribution in [0.4, 0.5) is 4.79 Å². The zero-order valence-corrected chi connectivity index (χ0v) is 15.6. The molecular formula is C15H32N2O4S. The predicted molar refractivity (Wildman–Crippen MR) is 89.9 cm³/mol. The molecule has 1 unspecified atom stereocenters. The van der Waals surface area contributed by atoms with Crippen LogP contribution in [-0.2, 0) is 14.6 Å². The van der Waals surface area contributed by atoms with Crippen molar-refractivity contribution in [3.63, 3.8) is 0 Å². The molecule has 0 radical (unpaired) electrons. The second-order valence-electron chi connectivity index (χ2n) is 6.52. The molecule has 0 fully saturated rings. The van der Waals surface area contributed by atoms with E-state index < -0.39 is 15.4 Å². The Kier molecular flexibility index (Phi) is 9.00. The van der Waals surface area contributed by atoms with Gasteiger partial charge in [-0.2, -0.15) is 0 Å². The average Bonchev–Trinajstić information content (AvgIpc) is 2.35. The first kappa shape index (κ1) is 21.2. The molecule has 0 aliphatic heterocycles. The smallest absolute Gasteiger partial charge is 0.410 e. The van der Waals surface area contributed by atoms with Crippen LogP contribution in [0.15, 0.2) is 0 Å². The number of hydrogen-bond donors (Lipinski definition) is 1. The van der Waals surface area contributed by atoms with E-state index >= 15 is 0 Å². The molecule has 22 heavy (non-hydrogen) atoms. The summed E-state index contributed by atoms with van der Waals surface area (Å²) in [7, 11) is -2.99. The van der Waals surface area contributed by atoms with Gasteiger partial charge in [-0.3, -0.25) is 0 Å². The molecule has 7 heteroatoms. The van der Waals surface area contributed by atoms with E-state index in [4.69, 9.17) is 4.74 Å². The van der Waals surface area contributed by atoms with E-state index in [2.05, 4.69) is 5.32 Å². The van der Waals surface area contributed by atoms with Crippen molar-refractivity contribution in [1.29, 1.82) is 0 Å². The van der Waals surface area contributed by atoms with Crippen LogP contribution in [0.25, 0.3) is 0 Å². The molecule has 0 aromatic carbocycles. The quantitative estimate of drug-likeness (QED) is 0.697. The molecule has 0 aromatic rings. The van der Waals surface area contributed by atoms with Crippen molar-refractivity contribution < 1.29 is 17.9 Å². The van der Waals surface area contributed by atoms with Gasteiger partial charge in [-0.15, -0.1) is 0 Å². The zero-order chi connectivity index (χ0) is 17.4. The summed E-state index contributed by atoms with van der Waals surface area (Å²) in [4.78, 5) is 13.7. The highest BCUT2D eigenvalue weighted by molar-refractivity contribution is 7.91. The van der Waals surface area contributed by atoms with Crippen molar-refractivity contribution in [3.05, 3.63) is 0 Å². The number of hydrogen-bond acceptors (Lipinski definition) is 5. The van der Waals surface area contributed by atoms with Crippen LogP contribution >= 0.6 is 0 Å². The minimum absolute atomic E-state index is 0.115. The maximum Gasteiger partial charge on any atom is 0.410 e. The molecule has 0 aliphatic carbocycles. The summed E-state index contributed by atoms with van der Waals surface area (Å²) in [6, 6.07) is -0.132. The molecule has 0 rings (SSSR count). The van der Waals surface area contributed by atoms with E-state index in [0.29, 0.717) is 19.6 Å². The van der Waals surface area contributed by atoms with Gasteiger partial charge in [0.15, 0.2) is 9.84 Å². The first-order valence-electron chi connectivity index (χ1n) is 7.92. The monoisotopic (exact) mass is 336 g/mol. The van der Waals surface area contributed by atoms with Crippen LogP contribution in [0.3, 0.4) is 0 Å². The molecule has 1 atom stereocenters. The van der Waals surface area contributed by atoms with Crippen LogP contribution in [0, 0.1) is 0 Å². The van der Waals surface area contributed by atoms with Crippen molar-refractivity contribution in [2.75, 3.05) is 31.1 Å². The second kappa shape index (κ2) is 9.35. The van der Waals surface area contributed by atoms with Gasteiger partial charge < -0.3 is 15.0 Å². The van der Waals surface area contributed by atoms with Gasteiger partial charge in [-0.25, -0.2) is 13.2 Å². The number of amides is 1. The van der Waals surface area contributed by atoms with E-state index in [1.54, 1.807) is 11.8 Å². The predicted octanol–water partition coefficient (Wildman–Crippen LogP) is 2.05. The number of sulfone groups is 1. The van der Waals surface area contributed by atoms with Crippen LogP contribution in [-0.4, -0.2) is 62.2 Å². The molecule has 0 saturated heterocycles. The first-order chi connectivity index (χ1) is 10.0. The number of nitrogens with zero attached hydrogens (tertiary/aromatic N) is 1. The molecule has 1 amide bonds. The van der Waals surface area contributed by atoms with Gasteiger partial charge in [0, 0.05) is 31.4 Å². The summed E-state index contributed by atoms with van der Waals surface area (Å²) in [5.74, 6) is 0.266. The first-order valence-corrected chi connectivity index (χ1v) is 9.74. The number of carbonyl (C=O) groups is 1. The van der Waals surface area contributed by atoms with E-state index in [0.717, 1.165) is 6.42 Å². The Bertz CT molecular complexity index is 429. The zero-order valence-electron chi connectivity index (χ0n) is 14.8. The van der Waals surface area contributed by atoms with Crippen LogP contribution < -0.4 is 5.32 Å². The number of carbonyl (C=O) groups excluding carboxylic acids is 1. The highest BCUT2D eigenvalue weighted by atomic mass is 32.2. The molecule has 0 aliphatic rings. The minimum Gasteiger partial charge on any atom is -0.444 e. The van der Waals surface area contributed by atoms with E-state index in [9.17, 15) is 13.2 Å². The summed E-state index contributed by atoms with van der Waals surface area (Å²) >= 11 is 0. The normalized spacial score (nSPS) is 13.7. The van der Waals surface area contributed by atoms with Crippen LogP contribution in [0.2, 0.25) is 0 Å². The van der Waals surface area contributed by atoms with Gasteiger partial charge in [0.05, 0.1) is 5.75 Å². The molecule has 6 nitrogen and oxygen atoms in total. The van der Waals surface area contributed by atoms with E-state index in [1.807, 2.05) is 34.6 Å². The highest BCUT2D eigenvalue weighted by Gasteiger charge is 2.21. The summed E-state index contributed by atoms with van der Waals surface area (Å²) in [6.07, 6.45) is 0.518. The van der Waals surface area contributed by atoms with Gasteiger partial charge in [0.25, 0.3) is 0 Å². The molecule has 0 aromatic heterocycles. The lowest BCUT2D eigenvalue weighted by molar-refractivity contribution is 0.0251. The maximum absolute atomic E-state index is 12.1. The third kappa shape index (κ3) is 10.00. The Morgan fingerprint density at radius 2 is 1.82 bits per heavy atom. The molecule has 1 N–H and O–H groups in total. The Morgan fingerprint density at radius 3 is 2.27 bits per heavy atom. The largest absolute Gasteiger partial charge is 0.444 e. The fraction of sp³-hybridized carbons (Fsp3) is 0.933. The molecule has 132 valence electrons. The summed E-state index contributed by atoms with van der Waals surface area (Å²) in [5, 5.41) is 3.15. The van der Waals surface area contributed by atoms with Gasteiger partial charge in [-0.1, -0.05) is 13.8 Å². The second-order valence-corrected chi connectivity index (χ2v) is 8.92. The number of nitrogens with one attached hydrogen (secondary N) is 1. The minimum atomic E-state index is -2.99. The Morgan fingerprint density at radius 1 is 1.23 bits per heavy atom. The SMILES string of the molecule is CCCN(CCNC(C)CS(=O)(=O)CC)C(=O)OC(C)(C)C. The maximum atomic E-state index is 12.1. The number of rotatable bonds is 9. The summed E-state index contributed by atoms with van der Waals surface area (Å²) < 4.78 is 28.5.